The summed E-state index contributed by atoms with van der Waals surface area (Å²) in [7, 11) is 0. The number of nitrogens with one attached hydrogen (secondary N) is 1. The minimum absolute atomic E-state index is 0.0223. The molecule has 0 aromatic carbocycles. The number of carbonyl (C=O) groups is 2. The number of amides is 1. The van der Waals surface area contributed by atoms with Crippen LogP contribution in [0.4, 0.5) is 0 Å². The molecule has 4 heteroatoms. The Morgan fingerprint density at radius 1 is 1.53 bits per heavy atom. The Balaban J connectivity index is 2.72. The van der Waals surface area contributed by atoms with Gasteiger partial charge in [-0.15, -0.1) is 0 Å². The number of hydrogen-bond acceptors (Lipinski definition) is 3. The first-order valence-electron chi connectivity index (χ1n) is 4.85. The second kappa shape index (κ2) is 5.24. The molecule has 1 amide bonds. The summed E-state index contributed by atoms with van der Waals surface area (Å²) in [5.41, 5.74) is 2.07. The molecule has 0 radical (unpaired) electrons. The van der Waals surface area contributed by atoms with Gasteiger partial charge in [0.05, 0.1) is 12.2 Å². The zero-order chi connectivity index (χ0) is 11.3. The van der Waals surface area contributed by atoms with Gasteiger partial charge in [0, 0.05) is 17.7 Å². The molecule has 0 saturated heterocycles. The third-order valence-electron chi connectivity index (χ3n) is 1.95. The van der Waals surface area contributed by atoms with E-state index >= 15 is 0 Å². The highest BCUT2D eigenvalue weighted by Gasteiger charge is 2.01. The fraction of sp³-hybridized carbons (Fsp3) is 0.364. The van der Waals surface area contributed by atoms with Crippen molar-refractivity contribution in [2.24, 2.45) is 0 Å². The van der Waals surface area contributed by atoms with Crippen LogP contribution in [0.2, 0.25) is 0 Å². The van der Waals surface area contributed by atoms with Crippen LogP contribution in [0.3, 0.4) is 0 Å². The zero-order valence-corrected chi connectivity index (χ0v) is 8.91. The van der Waals surface area contributed by atoms with E-state index in [0.29, 0.717) is 24.2 Å². The Morgan fingerprint density at radius 2 is 2.27 bits per heavy atom. The van der Waals surface area contributed by atoms with E-state index in [4.69, 9.17) is 0 Å². The van der Waals surface area contributed by atoms with Crippen LogP contribution in [0.1, 0.15) is 35.1 Å². The van der Waals surface area contributed by atoms with Gasteiger partial charge in [0.2, 0.25) is 5.91 Å². The standard InChI is InChI=1S/C11H14N2O2/c1-3-11(15)12-6-10-5-9(7-14)4-8(2)13-10/h4-5,7H,3,6H2,1-2H3,(H,12,15). The van der Waals surface area contributed by atoms with Gasteiger partial charge >= 0.3 is 0 Å². The van der Waals surface area contributed by atoms with Crippen molar-refractivity contribution in [3.05, 3.63) is 29.1 Å². The minimum Gasteiger partial charge on any atom is -0.350 e. The molecule has 0 saturated carbocycles. The number of rotatable bonds is 4. The highest BCUT2D eigenvalue weighted by atomic mass is 16.1. The first-order chi connectivity index (χ1) is 7.15. The molecule has 0 aliphatic carbocycles. The maximum absolute atomic E-state index is 11.0. The molecule has 0 fully saturated rings. The molecule has 80 valence electrons. The molecule has 0 unspecified atom stereocenters. The largest absolute Gasteiger partial charge is 0.350 e. The van der Waals surface area contributed by atoms with E-state index in [0.717, 1.165) is 12.0 Å². The third kappa shape index (κ3) is 3.50. The summed E-state index contributed by atoms with van der Waals surface area (Å²) >= 11 is 0. The minimum atomic E-state index is -0.0223. The molecule has 0 bridgehead atoms. The Labute approximate surface area is 88.7 Å². The van der Waals surface area contributed by atoms with Gasteiger partial charge in [0.25, 0.3) is 0 Å². The molecular weight excluding hydrogens is 192 g/mol. The number of aldehydes is 1. The fourth-order valence-electron chi connectivity index (χ4n) is 1.24. The first kappa shape index (κ1) is 11.4. The normalized spacial score (nSPS) is 9.73. The van der Waals surface area contributed by atoms with Gasteiger partial charge in [-0.2, -0.15) is 0 Å². The lowest BCUT2D eigenvalue weighted by Crippen LogP contribution is -2.22. The lowest BCUT2D eigenvalue weighted by atomic mass is 10.2. The summed E-state index contributed by atoms with van der Waals surface area (Å²) in [5, 5.41) is 2.71. The Kier molecular flexibility index (Phi) is 3.97. The summed E-state index contributed by atoms with van der Waals surface area (Å²) in [6.07, 6.45) is 1.23. The van der Waals surface area contributed by atoms with Crippen LogP contribution in [-0.2, 0) is 11.3 Å². The molecule has 1 aromatic rings. The zero-order valence-electron chi connectivity index (χ0n) is 8.91. The molecule has 1 rings (SSSR count). The van der Waals surface area contributed by atoms with Crippen molar-refractivity contribution in [3.63, 3.8) is 0 Å². The van der Waals surface area contributed by atoms with Crippen molar-refractivity contribution in [1.29, 1.82) is 0 Å². The second-order valence-corrected chi connectivity index (χ2v) is 3.28. The molecule has 1 aromatic heterocycles. The van der Waals surface area contributed by atoms with Crippen molar-refractivity contribution in [2.75, 3.05) is 0 Å². The maximum Gasteiger partial charge on any atom is 0.220 e. The van der Waals surface area contributed by atoms with Crippen molar-refractivity contribution >= 4 is 12.2 Å². The highest BCUT2D eigenvalue weighted by molar-refractivity contribution is 5.76. The highest BCUT2D eigenvalue weighted by Crippen LogP contribution is 2.03. The lowest BCUT2D eigenvalue weighted by molar-refractivity contribution is -0.120. The van der Waals surface area contributed by atoms with Gasteiger partial charge in [0.15, 0.2) is 0 Å². The molecule has 0 atom stereocenters. The Hall–Kier alpha value is -1.71. The average Bonchev–Trinajstić information content (AvgIpc) is 2.25. The summed E-state index contributed by atoms with van der Waals surface area (Å²) in [6, 6.07) is 3.38. The van der Waals surface area contributed by atoms with Crippen LogP contribution in [0.5, 0.6) is 0 Å². The summed E-state index contributed by atoms with van der Waals surface area (Å²) < 4.78 is 0. The molecule has 1 heterocycles. The predicted molar refractivity (Wildman–Crippen MR) is 56.5 cm³/mol. The number of aryl methyl sites for hydroxylation is 1. The molecule has 0 aliphatic heterocycles. The van der Waals surface area contributed by atoms with Gasteiger partial charge < -0.3 is 5.32 Å². The van der Waals surface area contributed by atoms with E-state index in [1.54, 1.807) is 19.1 Å². The average molecular weight is 206 g/mol. The second-order valence-electron chi connectivity index (χ2n) is 3.28. The van der Waals surface area contributed by atoms with Crippen LogP contribution in [0.25, 0.3) is 0 Å². The van der Waals surface area contributed by atoms with Gasteiger partial charge in [-0.3, -0.25) is 14.6 Å². The number of nitrogens with zero attached hydrogens (tertiary/aromatic N) is 1. The van der Waals surface area contributed by atoms with Crippen LogP contribution < -0.4 is 5.32 Å². The topological polar surface area (TPSA) is 59.1 Å². The van der Waals surface area contributed by atoms with E-state index in [-0.39, 0.29) is 5.91 Å². The van der Waals surface area contributed by atoms with Crippen molar-refractivity contribution in [3.8, 4) is 0 Å². The van der Waals surface area contributed by atoms with Crippen LogP contribution in [0.15, 0.2) is 12.1 Å². The summed E-state index contributed by atoms with van der Waals surface area (Å²) in [4.78, 5) is 25.8. The predicted octanol–water partition coefficient (Wildman–Crippen LogP) is 1.23. The van der Waals surface area contributed by atoms with E-state index in [2.05, 4.69) is 10.3 Å². The Bertz CT molecular complexity index is 375. The quantitative estimate of drug-likeness (QED) is 0.754. The Morgan fingerprint density at radius 3 is 2.87 bits per heavy atom. The summed E-state index contributed by atoms with van der Waals surface area (Å²) in [5.74, 6) is -0.0223. The van der Waals surface area contributed by atoms with E-state index in [1.165, 1.54) is 0 Å². The molecule has 0 spiro atoms. The van der Waals surface area contributed by atoms with Crippen molar-refractivity contribution in [2.45, 2.75) is 26.8 Å². The molecule has 0 aliphatic rings. The van der Waals surface area contributed by atoms with Crippen LogP contribution in [-0.4, -0.2) is 17.2 Å². The van der Waals surface area contributed by atoms with E-state index < -0.39 is 0 Å². The third-order valence-corrected chi connectivity index (χ3v) is 1.95. The molecule has 4 nitrogen and oxygen atoms in total. The number of aromatic nitrogens is 1. The van der Waals surface area contributed by atoms with E-state index in [1.807, 2.05) is 6.92 Å². The van der Waals surface area contributed by atoms with Gasteiger partial charge in [-0.1, -0.05) is 6.92 Å². The van der Waals surface area contributed by atoms with Gasteiger partial charge in [-0.25, -0.2) is 0 Å². The van der Waals surface area contributed by atoms with E-state index in [9.17, 15) is 9.59 Å². The monoisotopic (exact) mass is 206 g/mol. The number of carbonyl (C=O) groups excluding carboxylic acids is 2. The van der Waals surface area contributed by atoms with Crippen molar-refractivity contribution < 1.29 is 9.59 Å². The van der Waals surface area contributed by atoms with Crippen LogP contribution >= 0.6 is 0 Å². The number of pyridine rings is 1. The van der Waals surface area contributed by atoms with Gasteiger partial charge in [0.1, 0.15) is 6.29 Å². The van der Waals surface area contributed by atoms with Crippen LogP contribution in [0, 0.1) is 6.92 Å². The fourth-order valence-corrected chi connectivity index (χ4v) is 1.24. The van der Waals surface area contributed by atoms with Crippen molar-refractivity contribution in [1.82, 2.24) is 10.3 Å². The molecule has 15 heavy (non-hydrogen) atoms. The molecular formula is C11H14N2O2. The smallest absolute Gasteiger partial charge is 0.220 e. The SMILES string of the molecule is CCC(=O)NCc1cc(C=O)cc(C)n1. The number of hydrogen-bond donors (Lipinski definition) is 1. The lowest BCUT2D eigenvalue weighted by Gasteiger charge is -2.04. The summed E-state index contributed by atoms with van der Waals surface area (Å²) in [6.45, 7) is 3.98. The maximum atomic E-state index is 11.0. The molecule has 1 N–H and O–H groups in total. The van der Waals surface area contributed by atoms with Gasteiger partial charge in [-0.05, 0) is 19.1 Å². The first-order valence-corrected chi connectivity index (χ1v) is 4.85.